The van der Waals surface area contributed by atoms with Gasteiger partial charge in [-0.05, 0) is 24.3 Å². The lowest BCUT2D eigenvalue weighted by Crippen LogP contribution is -2.45. The average Bonchev–Trinajstić information content (AvgIpc) is 2.85. The molecule has 0 radical (unpaired) electrons. The summed E-state index contributed by atoms with van der Waals surface area (Å²) in [5.74, 6) is -0.778. The summed E-state index contributed by atoms with van der Waals surface area (Å²) < 4.78 is 0. The van der Waals surface area contributed by atoms with Gasteiger partial charge >= 0.3 is 5.97 Å². The lowest BCUT2D eigenvalue weighted by Gasteiger charge is -2.19. The Balaban J connectivity index is 1.99. The van der Waals surface area contributed by atoms with E-state index in [-0.39, 0.29) is 11.8 Å². The number of rotatable bonds is 5. The first-order chi connectivity index (χ1) is 9.58. The molecular formula is C16H21NO3. The molecule has 0 heterocycles. The number of hydrogen-bond acceptors (Lipinski definition) is 2. The van der Waals surface area contributed by atoms with Crippen molar-refractivity contribution in [2.45, 2.75) is 38.6 Å². The van der Waals surface area contributed by atoms with Crippen molar-refractivity contribution in [3.05, 3.63) is 35.9 Å². The zero-order valence-electron chi connectivity index (χ0n) is 11.7. The number of aliphatic carboxylic acids is 1. The lowest BCUT2D eigenvalue weighted by molar-refractivity contribution is -0.142. The van der Waals surface area contributed by atoms with Crippen LogP contribution in [-0.4, -0.2) is 23.0 Å². The normalized spacial score (nSPS) is 23.2. The van der Waals surface area contributed by atoms with Gasteiger partial charge in [-0.3, -0.25) is 4.79 Å². The highest BCUT2D eigenvalue weighted by Crippen LogP contribution is 2.31. The molecular weight excluding hydrogens is 254 g/mol. The number of carbonyl (C=O) groups is 2. The van der Waals surface area contributed by atoms with Crippen molar-refractivity contribution in [1.29, 1.82) is 0 Å². The van der Waals surface area contributed by atoms with Crippen molar-refractivity contribution >= 4 is 11.9 Å². The SMILES string of the molecule is CC1CCCC1C(=O)N[C@H](Cc1ccccc1)C(=O)O. The maximum absolute atomic E-state index is 12.2. The third-order valence-corrected chi connectivity index (χ3v) is 4.10. The van der Waals surface area contributed by atoms with Gasteiger partial charge in [-0.1, -0.05) is 43.7 Å². The molecule has 1 aromatic carbocycles. The van der Waals surface area contributed by atoms with Gasteiger partial charge in [-0.25, -0.2) is 4.79 Å². The van der Waals surface area contributed by atoms with Gasteiger partial charge in [0.15, 0.2) is 0 Å². The van der Waals surface area contributed by atoms with Crippen molar-refractivity contribution in [3.63, 3.8) is 0 Å². The second-order valence-electron chi connectivity index (χ2n) is 5.60. The summed E-state index contributed by atoms with van der Waals surface area (Å²) in [7, 11) is 0. The van der Waals surface area contributed by atoms with E-state index in [1.54, 1.807) is 0 Å². The van der Waals surface area contributed by atoms with Gasteiger partial charge in [-0.15, -0.1) is 0 Å². The minimum absolute atomic E-state index is 0.0346. The van der Waals surface area contributed by atoms with E-state index in [4.69, 9.17) is 0 Å². The fourth-order valence-corrected chi connectivity index (χ4v) is 2.86. The number of carboxylic acid groups (broad SMARTS) is 1. The molecule has 2 N–H and O–H groups in total. The molecule has 0 bridgehead atoms. The van der Waals surface area contributed by atoms with E-state index < -0.39 is 12.0 Å². The largest absolute Gasteiger partial charge is 0.480 e. The van der Waals surface area contributed by atoms with Crippen LogP contribution in [0.3, 0.4) is 0 Å². The first-order valence-electron chi connectivity index (χ1n) is 7.15. The Morgan fingerprint density at radius 3 is 2.55 bits per heavy atom. The fraction of sp³-hybridized carbons (Fsp3) is 0.500. The van der Waals surface area contributed by atoms with Gasteiger partial charge < -0.3 is 10.4 Å². The molecule has 1 aliphatic carbocycles. The van der Waals surface area contributed by atoms with Crippen LogP contribution in [0.2, 0.25) is 0 Å². The molecule has 1 aliphatic rings. The van der Waals surface area contributed by atoms with Crippen LogP contribution >= 0.6 is 0 Å². The molecule has 108 valence electrons. The van der Waals surface area contributed by atoms with Crippen molar-refractivity contribution in [3.8, 4) is 0 Å². The Labute approximate surface area is 119 Å². The monoisotopic (exact) mass is 275 g/mol. The van der Waals surface area contributed by atoms with E-state index in [1.807, 2.05) is 30.3 Å². The van der Waals surface area contributed by atoms with Crippen LogP contribution in [0.1, 0.15) is 31.7 Å². The topological polar surface area (TPSA) is 66.4 Å². The highest BCUT2D eigenvalue weighted by Gasteiger charge is 2.32. The Morgan fingerprint density at radius 2 is 2.00 bits per heavy atom. The van der Waals surface area contributed by atoms with Gasteiger partial charge in [-0.2, -0.15) is 0 Å². The second kappa shape index (κ2) is 6.55. The minimum atomic E-state index is -0.979. The molecule has 1 aromatic rings. The highest BCUT2D eigenvalue weighted by molar-refractivity contribution is 5.85. The van der Waals surface area contributed by atoms with E-state index in [9.17, 15) is 14.7 Å². The highest BCUT2D eigenvalue weighted by atomic mass is 16.4. The van der Waals surface area contributed by atoms with Crippen LogP contribution in [0.4, 0.5) is 0 Å². The molecule has 1 fully saturated rings. The van der Waals surface area contributed by atoms with E-state index in [0.717, 1.165) is 24.8 Å². The van der Waals surface area contributed by atoms with Crippen LogP contribution < -0.4 is 5.32 Å². The van der Waals surface area contributed by atoms with Crippen LogP contribution in [0, 0.1) is 11.8 Å². The zero-order chi connectivity index (χ0) is 14.5. The Hall–Kier alpha value is -1.84. The van der Waals surface area contributed by atoms with Gasteiger partial charge in [0.1, 0.15) is 6.04 Å². The van der Waals surface area contributed by atoms with Crippen LogP contribution in [0.15, 0.2) is 30.3 Å². The molecule has 4 nitrogen and oxygen atoms in total. The lowest BCUT2D eigenvalue weighted by atomic mass is 9.96. The summed E-state index contributed by atoms with van der Waals surface area (Å²) in [6.45, 7) is 2.06. The number of amides is 1. The molecule has 0 aliphatic heterocycles. The number of nitrogens with one attached hydrogen (secondary N) is 1. The molecule has 1 saturated carbocycles. The van der Waals surface area contributed by atoms with E-state index in [2.05, 4.69) is 12.2 Å². The third kappa shape index (κ3) is 3.59. The predicted molar refractivity (Wildman–Crippen MR) is 76.2 cm³/mol. The summed E-state index contributed by atoms with van der Waals surface area (Å²) in [5.41, 5.74) is 0.916. The smallest absolute Gasteiger partial charge is 0.326 e. The molecule has 0 saturated heterocycles. The molecule has 20 heavy (non-hydrogen) atoms. The van der Waals surface area contributed by atoms with Gasteiger partial charge in [0.25, 0.3) is 0 Å². The van der Waals surface area contributed by atoms with Crippen LogP contribution in [0.25, 0.3) is 0 Å². The van der Waals surface area contributed by atoms with Crippen molar-refractivity contribution in [1.82, 2.24) is 5.32 Å². The van der Waals surface area contributed by atoms with E-state index in [1.165, 1.54) is 0 Å². The van der Waals surface area contributed by atoms with Crippen LogP contribution in [-0.2, 0) is 16.0 Å². The molecule has 1 amide bonds. The number of benzene rings is 1. The van der Waals surface area contributed by atoms with Crippen LogP contribution in [0.5, 0.6) is 0 Å². The predicted octanol–water partition coefficient (Wildman–Crippen LogP) is 2.23. The van der Waals surface area contributed by atoms with Crippen molar-refractivity contribution < 1.29 is 14.7 Å². The molecule has 2 rings (SSSR count). The van der Waals surface area contributed by atoms with Gasteiger partial charge in [0, 0.05) is 12.3 Å². The summed E-state index contributed by atoms with van der Waals surface area (Å²) in [4.78, 5) is 23.5. The standard InChI is InChI=1S/C16H21NO3/c1-11-6-5-9-13(11)15(18)17-14(16(19)20)10-12-7-3-2-4-8-12/h2-4,7-8,11,13-14H,5-6,9-10H2,1H3,(H,17,18)(H,19,20)/t11?,13?,14-/m1/s1. The van der Waals surface area contributed by atoms with Gasteiger partial charge in [0.2, 0.25) is 5.91 Å². The maximum Gasteiger partial charge on any atom is 0.326 e. The molecule has 0 spiro atoms. The second-order valence-corrected chi connectivity index (χ2v) is 5.60. The molecule has 3 atom stereocenters. The Kier molecular flexibility index (Phi) is 4.77. The van der Waals surface area contributed by atoms with E-state index >= 15 is 0 Å². The summed E-state index contributed by atoms with van der Waals surface area (Å²) >= 11 is 0. The Bertz CT molecular complexity index is 472. The summed E-state index contributed by atoms with van der Waals surface area (Å²) in [6, 6.07) is 8.53. The summed E-state index contributed by atoms with van der Waals surface area (Å²) in [6.07, 6.45) is 3.29. The first-order valence-corrected chi connectivity index (χ1v) is 7.15. The van der Waals surface area contributed by atoms with Gasteiger partial charge in [0.05, 0.1) is 0 Å². The number of carboxylic acids is 1. The third-order valence-electron chi connectivity index (χ3n) is 4.10. The first kappa shape index (κ1) is 14.6. The summed E-state index contributed by atoms with van der Waals surface area (Å²) in [5, 5.41) is 12.0. The Morgan fingerprint density at radius 1 is 1.30 bits per heavy atom. The number of hydrogen-bond donors (Lipinski definition) is 2. The minimum Gasteiger partial charge on any atom is -0.480 e. The maximum atomic E-state index is 12.2. The van der Waals surface area contributed by atoms with Crippen molar-refractivity contribution in [2.75, 3.05) is 0 Å². The fourth-order valence-electron chi connectivity index (χ4n) is 2.86. The zero-order valence-corrected chi connectivity index (χ0v) is 11.7. The van der Waals surface area contributed by atoms with Crippen molar-refractivity contribution in [2.24, 2.45) is 11.8 Å². The quantitative estimate of drug-likeness (QED) is 0.866. The molecule has 2 unspecified atom stereocenters. The average molecular weight is 275 g/mol. The number of carbonyl (C=O) groups excluding carboxylic acids is 1. The van der Waals surface area contributed by atoms with E-state index in [0.29, 0.717) is 12.3 Å². The molecule has 4 heteroatoms. The molecule has 0 aromatic heterocycles.